The lowest BCUT2D eigenvalue weighted by Gasteiger charge is -2.18. The molecule has 0 heterocycles. The maximum atomic E-state index is 11.8. The molecule has 1 N–H and O–H groups in total. The van der Waals surface area contributed by atoms with E-state index in [0.717, 1.165) is 10.5 Å². The molecule has 0 fully saturated rings. The van der Waals surface area contributed by atoms with E-state index in [9.17, 15) is 4.21 Å². The zero-order valence-electron chi connectivity index (χ0n) is 10.2. The topological polar surface area (TPSA) is 29.1 Å². The van der Waals surface area contributed by atoms with Gasteiger partial charge in [0.2, 0.25) is 0 Å². The second-order valence-corrected chi connectivity index (χ2v) is 7.37. The van der Waals surface area contributed by atoms with Crippen LogP contribution in [-0.4, -0.2) is 8.96 Å². The lowest BCUT2D eigenvalue weighted by atomic mass is 10.1. The van der Waals surface area contributed by atoms with Crippen molar-refractivity contribution in [2.45, 2.75) is 43.9 Å². The zero-order chi connectivity index (χ0) is 12.3. The zero-order valence-corrected chi connectivity index (χ0v) is 11.9. The van der Waals surface area contributed by atoms with Crippen molar-refractivity contribution in [2.75, 3.05) is 0 Å². The van der Waals surface area contributed by atoms with Crippen LogP contribution >= 0.6 is 12.6 Å². The molecule has 1 aromatic carbocycles. The highest BCUT2D eigenvalue weighted by Crippen LogP contribution is 2.16. The van der Waals surface area contributed by atoms with Crippen molar-refractivity contribution in [1.82, 2.24) is 4.72 Å². The summed E-state index contributed by atoms with van der Waals surface area (Å²) in [5.74, 6) is 0. The fraction of sp³-hybridized carbons (Fsp3) is 0.500. The standard InChI is InChI=1S/C12H19NOS2/c1-9-5-6-11(15)10(7-9)8-13-16(14)12(2,3)4/h5-7,13,15H,8H2,1-4H3. The molecular weight excluding hydrogens is 238 g/mol. The normalized spacial score (nSPS) is 13.8. The average Bonchev–Trinajstić information content (AvgIpc) is 2.17. The summed E-state index contributed by atoms with van der Waals surface area (Å²) in [6.07, 6.45) is 0. The molecule has 1 unspecified atom stereocenters. The molecule has 2 nitrogen and oxygen atoms in total. The van der Waals surface area contributed by atoms with E-state index >= 15 is 0 Å². The van der Waals surface area contributed by atoms with Gasteiger partial charge in [0.1, 0.15) is 0 Å². The number of nitrogens with one attached hydrogen (secondary N) is 1. The maximum Gasteiger partial charge on any atom is 0.0973 e. The summed E-state index contributed by atoms with van der Waals surface area (Å²) in [5, 5.41) is 0. The molecule has 1 aromatic rings. The summed E-state index contributed by atoms with van der Waals surface area (Å²) in [6, 6.07) is 6.05. The smallest absolute Gasteiger partial charge is 0.0973 e. The predicted molar refractivity (Wildman–Crippen MR) is 73.2 cm³/mol. The van der Waals surface area contributed by atoms with Gasteiger partial charge in [-0.15, -0.1) is 12.6 Å². The quantitative estimate of drug-likeness (QED) is 0.801. The molecule has 4 heteroatoms. The van der Waals surface area contributed by atoms with Crippen LogP contribution in [0.5, 0.6) is 0 Å². The Balaban J connectivity index is 2.68. The van der Waals surface area contributed by atoms with Crippen LogP contribution in [0, 0.1) is 6.92 Å². The number of thiol groups is 1. The molecule has 0 aliphatic carbocycles. The summed E-state index contributed by atoms with van der Waals surface area (Å²) in [6.45, 7) is 8.48. The highest BCUT2D eigenvalue weighted by atomic mass is 32.2. The minimum atomic E-state index is -1.04. The molecule has 0 aliphatic rings. The lowest BCUT2D eigenvalue weighted by Crippen LogP contribution is -2.32. The second kappa shape index (κ2) is 5.34. The number of hydrogen-bond donors (Lipinski definition) is 2. The Morgan fingerprint density at radius 3 is 2.56 bits per heavy atom. The van der Waals surface area contributed by atoms with E-state index in [1.807, 2.05) is 39.8 Å². The van der Waals surface area contributed by atoms with Gasteiger partial charge >= 0.3 is 0 Å². The fourth-order valence-corrected chi connectivity index (χ4v) is 2.15. The van der Waals surface area contributed by atoms with E-state index in [2.05, 4.69) is 23.4 Å². The van der Waals surface area contributed by atoms with Crippen LogP contribution in [0.25, 0.3) is 0 Å². The first kappa shape index (κ1) is 13.7. The third kappa shape index (κ3) is 3.92. The Morgan fingerprint density at radius 2 is 2.00 bits per heavy atom. The minimum Gasteiger partial charge on any atom is -0.242 e. The highest BCUT2D eigenvalue weighted by molar-refractivity contribution is 7.84. The molecule has 1 atom stereocenters. The van der Waals surface area contributed by atoms with Crippen LogP contribution in [0.3, 0.4) is 0 Å². The van der Waals surface area contributed by atoms with Gasteiger partial charge in [-0.3, -0.25) is 0 Å². The van der Waals surface area contributed by atoms with Gasteiger partial charge in [0.05, 0.1) is 15.7 Å². The van der Waals surface area contributed by atoms with Crippen LogP contribution in [0.2, 0.25) is 0 Å². The van der Waals surface area contributed by atoms with Gasteiger partial charge in [-0.05, 0) is 39.3 Å². The van der Waals surface area contributed by atoms with Crippen LogP contribution in [0.4, 0.5) is 0 Å². The monoisotopic (exact) mass is 257 g/mol. The Kier molecular flexibility index (Phi) is 4.59. The predicted octanol–water partition coefficient (Wildman–Crippen LogP) is 2.84. The van der Waals surface area contributed by atoms with Crippen molar-refractivity contribution in [3.8, 4) is 0 Å². The van der Waals surface area contributed by atoms with Crippen molar-refractivity contribution in [2.24, 2.45) is 0 Å². The van der Waals surface area contributed by atoms with Gasteiger partial charge in [0.15, 0.2) is 0 Å². The summed E-state index contributed by atoms with van der Waals surface area (Å²) in [7, 11) is -1.04. The number of aryl methyl sites for hydroxylation is 1. The molecule has 0 radical (unpaired) electrons. The van der Waals surface area contributed by atoms with Crippen LogP contribution in [-0.2, 0) is 17.5 Å². The third-order valence-electron chi connectivity index (χ3n) is 2.18. The molecule has 0 saturated heterocycles. The molecule has 16 heavy (non-hydrogen) atoms. The Bertz CT molecular complexity index is 396. The summed E-state index contributed by atoms with van der Waals surface area (Å²) in [4.78, 5) is 0.934. The van der Waals surface area contributed by atoms with Crippen molar-refractivity contribution in [3.63, 3.8) is 0 Å². The molecule has 0 bridgehead atoms. The number of hydrogen-bond acceptors (Lipinski definition) is 2. The van der Waals surface area contributed by atoms with E-state index in [0.29, 0.717) is 6.54 Å². The van der Waals surface area contributed by atoms with Crippen LogP contribution in [0.1, 0.15) is 31.9 Å². The first-order valence-electron chi connectivity index (χ1n) is 5.24. The van der Waals surface area contributed by atoms with Gasteiger partial charge in [0, 0.05) is 11.4 Å². The fourth-order valence-electron chi connectivity index (χ4n) is 1.22. The van der Waals surface area contributed by atoms with Gasteiger partial charge in [0.25, 0.3) is 0 Å². The van der Waals surface area contributed by atoms with E-state index < -0.39 is 11.0 Å². The molecule has 0 amide bonds. The Morgan fingerprint density at radius 1 is 1.38 bits per heavy atom. The third-order valence-corrected chi connectivity index (χ3v) is 4.14. The highest BCUT2D eigenvalue weighted by Gasteiger charge is 2.19. The first-order valence-corrected chi connectivity index (χ1v) is 6.84. The van der Waals surface area contributed by atoms with Gasteiger partial charge in [-0.2, -0.15) is 0 Å². The van der Waals surface area contributed by atoms with E-state index in [4.69, 9.17) is 0 Å². The minimum absolute atomic E-state index is 0.236. The Hall–Kier alpha value is -0.320. The van der Waals surface area contributed by atoms with Crippen LogP contribution in [0.15, 0.2) is 23.1 Å². The van der Waals surface area contributed by atoms with Gasteiger partial charge in [-0.25, -0.2) is 8.93 Å². The van der Waals surface area contributed by atoms with Crippen molar-refractivity contribution in [3.05, 3.63) is 29.3 Å². The lowest BCUT2D eigenvalue weighted by molar-refractivity contribution is 0.634. The van der Waals surface area contributed by atoms with E-state index in [1.54, 1.807) is 0 Å². The molecular formula is C12H19NOS2. The van der Waals surface area contributed by atoms with Gasteiger partial charge < -0.3 is 0 Å². The van der Waals surface area contributed by atoms with Gasteiger partial charge in [-0.1, -0.05) is 17.7 Å². The van der Waals surface area contributed by atoms with Crippen molar-refractivity contribution in [1.29, 1.82) is 0 Å². The summed E-state index contributed by atoms with van der Waals surface area (Å²) in [5.41, 5.74) is 2.28. The van der Waals surface area contributed by atoms with E-state index in [-0.39, 0.29) is 4.75 Å². The molecule has 1 rings (SSSR count). The molecule has 0 aromatic heterocycles. The maximum absolute atomic E-state index is 11.8. The molecule has 0 spiro atoms. The van der Waals surface area contributed by atoms with E-state index in [1.165, 1.54) is 5.56 Å². The average molecular weight is 257 g/mol. The largest absolute Gasteiger partial charge is 0.242 e. The summed E-state index contributed by atoms with van der Waals surface area (Å²) >= 11 is 4.38. The first-order chi connectivity index (χ1) is 7.30. The summed E-state index contributed by atoms with van der Waals surface area (Å²) < 4.78 is 14.6. The Labute approximate surface area is 106 Å². The molecule has 0 saturated carbocycles. The SMILES string of the molecule is Cc1ccc(S)c(CNS(=O)C(C)(C)C)c1. The second-order valence-electron chi connectivity index (χ2n) is 4.83. The van der Waals surface area contributed by atoms with Crippen molar-refractivity contribution < 1.29 is 4.21 Å². The number of benzene rings is 1. The van der Waals surface area contributed by atoms with Crippen LogP contribution < -0.4 is 4.72 Å². The molecule has 90 valence electrons. The van der Waals surface area contributed by atoms with Crippen molar-refractivity contribution >= 4 is 23.6 Å². The number of rotatable bonds is 3. The molecule has 0 aliphatic heterocycles.